The molecule has 0 bridgehead atoms. The zero-order chi connectivity index (χ0) is 16.8. The van der Waals surface area contributed by atoms with E-state index in [0.717, 1.165) is 5.56 Å². The van der Waals surface area contributed by atoms with Gasteiger partial charge >= 0.3 is 0 Å². The van der Waals surface area contributed by atoms with E-state index in [1.807, 2.05) is 0 Å². The topological polar surface area (TPSA) is 71.1 Å². The summed E-state index contributed by atoms with van der Waals surface area (Å²) in [5.41, 5.74) is 2.47. The zero-order valence-corrected chi connectivity index (χ0v) is 13.0. The fraction of sp³-hybridized carbons (Fsp3) is 0.235. The Morgan fingerprint density at radius 3 is 2.43 bits per heavy atom. The van der Waals surface area contributed by atoms with Crippen LogP contribution in [-0.2, 0) is 4.79 Å². The van der Waals surface area contributed by atoms with Crippen LogP contribution in [0.2, 0.25) is 0 Å². The van der Waals surface area contributed by atoms with Gasteiger partial charge in [0.05, 0.1) is 17.0 Å². The van der Waals surface area contributed by atoms with Crippen LogP contribution in [0.25, 0.3) is 11.3 Å². The fourth-order valence-corrected chi connectivity index (χ4v) is 2.09. The molecule has 1 aromatic carbocycles. The maximum absolute atomic E-state index is 13.0. The Balaban J connectivity index is 2.08. The minimum absolute atomic E-state index is 0.133. The second-order valence-corrected chi connectivity index (χ2v) is 5.02. The molecule has 1 heterocycles. The van der Waals surface area contributed by atoms with E-state index in [0.29, 0.717) is 17.0 Å². The van der Waals surface area contributed by atoms with Crippen molar-refractivity contribution in [1.29, 1.82) is 0 Å². The van der Waals surface area contributed by atoms with Crippen molar-refractivity contribution < 1.29 is 14.0 Å². The summed E-state index contributed by atoms with van der Waals surface area (Å²) in [5.74, 6) is -0.714. The maximum atomic E-state index is 13.0. The van der Waals surface area contributed by atoms with Crippen LogP contribution in [0, 0.1) is 12.7 Å². The van der Waals surface area contributed by atoms with Crippen molar-refractivity contribution in [3.8, 4) is 11.3 Å². The predicted octanol–water partition coefficient (Wildman–Crippen LogP) is 2.06. The fourth-order valence-electron chi connectivity index (χ4n) is 2.09. The molecular formula is C17H18FN3O2. The van der Waals surface area contributed by atoms with E-state index in [1.165, 1.54) is 12.1 Å². The van der Waals surface area contributed by atoms with Crippen molar-refractivity contribution in [1.82, 2.24) is 15.6 Å². The highest BCUT2D eigenvalue weighted by molar-refractivity contribution is 5.95. The lowest BCUT2D eigenvalue weighted by Gasteiger charge is -2.09. The molecule has 0 spiro atoms. The Morgan fingerprint density at radius 1 is 1.13 bits per heavy atom. The number of amides is 2. The van der Waals surface area contributed by atoms with Crippen LogP contribution in [0.5, 0.6) is 0 Å². The van der Waals surface area contributed by atoms with E-state index in [-0.39, 0.29) is 30.6 Å². The lowest BCUT2D eigenvalue weighted by Crippen LogP contribution is -2.29. The lowest BCUT2D eigenvalue weighted by molar-refractivity contribution is -0.120. The van der Waals surface area contributed by atoms with Crippen molar-refractivity contribution >= 4 is 11.8 Å². The molecule has 1 aromatic heterocycles. The van der Waals surface area contributed by atoms with Crippen LogP contribution in [0.1, 0.15) is 22.5 Å². The molecule has 6 heteroatoms. The minimum Gasteiger partial charge on any atom is -0.359 e. The molecule has 0 fully saturated rings. The minimum atomic E-state index is -0.308. The Hall–Kier alpha value is -2.76. The number of hydrogen-bond acceptors (Lipinski definition) is 3. The summed E-state index contributed by atoms with van der Waals surface area (Å²) in [7, 11) is 1.55. The molecule has 0 radical (unpaired) electrons. The van der Waals surface area contributed by atoms with Gasteiger partial charge in [-0.25, -0.2) is 4.39 Å². The Kier molecular flexibility index (Phi) is 5.41. The van der Waals surface area contributed by atoms with Crippen LogP contribution < -0.4 is 10.6 Å². The van der Waals surface area contributed by atoms with E-state index < -0.39 is 0 Å². The molecule has 23 heavy (non-hydrogen) atoms. The first-order valence-electron chi connectivity index (χ1n) is 7.23. The number of carbonyl (C=O) groups excluding carboxylic acids is 2. The molecule has 5 nitrogen and oxygen atoms in total. The third-order valence-electron chi connectivity index (χ3n) is 3.39. The molecule has 120 valence electrons. The molecule has 0 aliphatic heterocycles. The van der Waals surface area contributed by atoms with Gasteiger partial charge in [-0.2, -0.15) is 0 Å². The third-order valence-corrected chi connectivity index (χ3v) is 3.39. The molecule has 0 aliphatic rings. The number of hydrogen-bond donors (Lipinski definition) is 2. The van der Waals surface area contributed by atoms with Gasteiger partial charge in [-0.1, -0.05) is 0 Å². The van der Waals surface area contributed by atoms with E-state index in [2.05, 4.69) is 15.6 Å². The van der Waals surface area contributed by atoms with Crippen LogP contribution in [0.4, 0.5) is 4.39 Å². The number of rotatable bonds is 5. The average molecular weight is 315 g/mol. The SMILES string of the molecule is CNC(=O)CCNC(=O)c1ccc(-c2ccc(F)cc2)nc1C. The van der Waals surface area contributed by atoms with Gasteiger partial charge in [0.2, 0.25) is 5.91 Å². The molecule has 2 aromatic rings. The highest BCUT2D eigenvalue weighted by Gasteiger charge is 2.11. The maximum Gasteiger partial charge on any atom is 0.253 e. The first-order valence-corrected chi connectivity index (χ1v) is 7.23. The molecule has 2 N–H and O–H groups in total. The number of aromatic nitrogens is 1. The first-order chi connectivity index (χ1) is 11.0. The van der Waals surface area contributed by atoms with E-state index >= 15 is 0 Å². The summed E-state index contributed by atoms with van der Waals surface area (Å²) < 4.78 is 13.0. The van der Waals surface area contributed by atoms with Crippen LogP contribution in [0.15, 0.2) is 36.4 Å². The summed E-state index contributed by atoms with van der Waals surface area (Å²) in [4.78, 5) is 27.6. The predicted molar refractivity (Wildman–Crippen MR) is 85.4 cm³/mol. The summed E-state index contributed by atoms with van der Waals surface area (Å²) in [6.45, 7) is 2.00. The van der Waals surface area contributed by atoms with Crippen LogP contribution >= 0.6 is 0 Å². The highest BCUT2D eigenvalue weighted by atomic mass is 19.1. The molecule has 2 amide bonds. The smallest absolute Gasteiger partial charge is 0.253 e. The van der Waals surface area contributed by atoms with E-state index in [4.69, 9.17) is 0 Å². The lowest BCUT2D eigenvalue weighted by atomic mass is 10.1. The van der Waals surface area contributed by atoms with Crippen molar-refractivity contribution in [3.63, 3.8) is 0 Å². The number of benzene rings is 1. The van der Waals surface area contributed by atoms with Gasteiger partial charge < -0.3 is 10.6 Å². The number of halogens is 1. The molecule has 0 atom stereocenters. The number of nitrogens with zero attached hydrogens (tertiary/aromatic N) is 1. The number of pyridine rings is 1. The van der Waals surface area contributed by atoms with Crippen LogP contribution in [0.3, 0.4) is 0 Å². The van der Waals surface area contributed by atoms with Gasteiger partial charge in [-0.15, -0.1) is 0 Å². The third kappa shape index (κ3) is 4.35. The molecule has 0 aliphatic carbocycles. The summed E-state index contributed by atoms with van der Waals surface area (Å²) in [6, 6.07) is 9.40. The number of aryl methyl sites for hydroxylation is 1. The monoisotopic (exact) mass is 315 g/mol. The molecule has 0 saturated carbocycles. The van der Waals surface area contributed by atoms with Gasteiger partial charge in [0, 0.05) is 25.6 Å². The standard InChI is InChI=1S/C17H18FN3O2/c1-11-14(17(23)20-10-9-16(22)19-2)7-8-15(21-11)12-3-5-13(18)6-4-12/h3-8H,9-10H2,1-2H3,(H,19,22)(H,20,23). The molecule has 0 unspecified atom stereocenters. The summed E-state index contributed by atoms with van der Waals surface area (Å²) >= 11 is 0. The van der Waals surface area contributed by atoms with Gasteiger partial charge in [0.15, 0.2) is 0 Å². The Labute approximate surface area is 133 Å². The van der Waals surface area contributed by atoms with Crippen molar-refractivity contribution in [2.75, 3.05) is 13.6 Å². The summed E-state index contributed by atoms with van der Waals surface area (Å²) in [5, 5.41) is 5.17. The number of carbonyl (C=O) groups is 2. The average Bonchev–Trinajstić information content (AvgIpc) is 2.55. The number of nitrogens with one attached hydrogen (secondary N) is 2. The van der Waals surface area contributed by atoms with Crippen molar-refractivity contribution in [2.24, 2.45) is 0 Å². The van der Waals surface area contributed by atoms with Crippen molar-refractivity contribution in [2.45, 2.75) is 13.3 Å². The van der Waals surface area contributed by atoms with Gasteiger partial charge in [-0.05, 0) is 43.3 Å². The Bertz CT molecular complexity index is 714. The zero-order valence-electron chi connectivity index (χ0n) is 13.0. The second-order valence-electron chi connectivity index (χ2n) is 5.02. The largest absolute Gasteiger partial charge is 0.359 e. The Morgan fingerprint density at radius 2 is 1.83 bits per heavy atom. The first kappa shape index (κ1) is 16.6. The van der Waals surface area contributed by atoms with Crippen molar-refractivity contribution in [3.05, 3.63) is 53.5 Å². The van der Waals surface area contributed by atoms with Crippen LogP contribution in [-0.4, -0.2) is 30.4 Å². The normalized spacial score (nSPS) is 10.2. The highest BCUT2D eigenvalue weighted by Crippen LogP contribution is 2.19. The van der Waals surface area contributed by atoms with Gasteiger partial charge in [0.25, 0.3) is 5.91 Å². The summed E-state index contributed by atoms with van der Waals surface area (Å²) in [6.07, 6.45) is 0.225. The second kappa shape index (κ2) is 7.49. The molecular weight excluding hydrogens is 297 g/mol. The molecule has 2 rings (SSSR count). The molecule has 0 saturated heterocycles. The quantitative estimate of drug-likeness (QED) is 0.887. The van der Waals surface area contributed by atoms with Gasteiger partial charge in [-0.3, -0.25) is 14.6 Å². The van der Waals surface area contributed by atoms with E-state index in [1.54, 1.807) is 38.2 Å². The van der Waals surface area contributed by atoms with Gasteiger partial charge in [0.1, 0.15) is 5.82 Å². The van der Waals surface area contributed by atoms with E-state index in [9.17, 15) is 14.0 Å².